The fourth-order valence-electron chi connectivity index (χ4n) is 3.13. The number of benzene rings is 2. The topological polar surface area (TPSA) is 68.0 Å². The molecule has 3 aromatic rings. The molecule has 30 heavy (non-hydrogen) atoms. The normalized spacial score (nSPS) is 11.5. The molecule has 0 aliphatic carbocycles. The first-order chi connectivity index (χ1) is 14.1. The Balaban J connectivity index is 1.99. The van der Waals surface area contributed by atoms with Gasteiger partial charge in [-0.15, -0.1) is 0 Å². The zero-order chi connectivity index (χ0) is 21.9. The van der Waals surface area contributed by atoms with Crippen LogP contribution in [0.3, 0.4) is 0 Å². The van der Waals surface area contributed by atoms with Crippen molar-refractivity contribution < 1.29 is 18.0 Å². The van der Waals surface area contributed by atoms with Gasteiger partial charge in [-0.25, -0.2) is 4.98 Å². The number of carbonyl (C=O) groups is 1. The molecule has 156 valence electrons. The highest BCUT2D eigenvalue weighted by Gasteiger charge is 2.29. The van der Waals surface area contributed by atoms with Crippen LogP contribution in [0.4, 0.5) is 19.0 Å². The molecule has 0 bridgehead atoms. The number of hydrogen-bond donors (Lipinski definition) is 2. The zero-order valence-electron chi connectivity index (χ0n) is 16.6. The molecule has 1 heterocycles. The third-order valence-electron chi connectivity index (χ3n) is 4.56. The van der Waals surface area contributed by atoms with Gasteiger partial charge in [0, 0.05) is 17.8 Å². The van der Waals surface area contributed by atoms with Crippen LogP contribution in [0.2, 0.25) is 0 Å². The number of carbonyl (C=O) groups excluding carboxylic acids is 1. The second-order valence-corrected chi connectivity index (χ2v) is 7.34. The lowest BCUT2D eigenvalue weighted by Gasteiger charge is -2.14. The summed E-state index contributed by atoms with van der Waals surface area (Å²) < 4.78 is 38.5. The van der Waals surface area contributed by atoms with Crippen LogP contribution in [0.25, 0.3) is 11.1 Å². The van der Waals surface area contributed by atoms with Crippen LogP contribution >= 0.6 is 0 Å². The SMILES string of the molecule is CC(C)NC(=O)c1ccc(Cc2ccc(C(F)(F)F)cc2)c(-c2ccnc(N)c2)c1. The van der Waals surface area contributed by atoms with Crippen molar-refractivity contribution in [2.45, 2.75) is 32.5 Å². The van der Waals surface area contributed by atoms with E-state index in [1.807, 2.05) is 19.9 Å². The van der Waals surface area contributed by atoms with Gasteiger partial charge in [-0.2, -0.15) is 13.2 Å². The van der Waals surface area contributed by atoms with Gasteiger partial charge in [0.2, 0.25) is 0 Å². The number of anilines is 1. The summed E-state index contributed by atoms with van der Waals surface area (Å²) in [4.78, 5) is 16.5. The average Bonchev–Trinajstić information content (AvgIpc) is 2.67. The summed E-state index contributed by atoms with van der Waals surface area (Å²) in [6.45, 7) is 3.75. The Labute approximate surface area is 173 Å². The van der Waals surface area contributed by atoms with Crippen molar-refractivity contribution in [1.82, 2.24) is 10.3 Å². The van der Waals surface area contributed by atoms with Crippen LogP contribution in [-0.4, -0.2) is 16.9 Å². The van der Waals surface area contributed by atoms with E-state index >= 15 is 0 Å². The third-order valence-corrected chi connectivity index (χ3v) is 4.56. The Kier molecular flexibility index (Phi) is 6.10. The Bertz CT molecular complexity index is 1040. The van der Waals surface area contributed by atoms with Crippen LogP contribution < -0.4 is 11.1 Å². The van der Waals surface area contributed by atoms with E-state index in [2.05, 4.69) is 10.3 Å². The van der Waals surface area contributed by atoms with Gasteiger partial charge in [-0.3, -0.25) is 4.79 Å². The summed E-state index contributed by atoms with van der Waals surface area (Å²) >= 11 is 0. The Morgan fingerprint density at radius 1 is 1.07 bits per heavy atom. The van der Waals surface area contributed by atoms with Crippen molar-refractivity contribution in [3.63, 3.8) is 0 Å². The van der Waals surface area contributed by atoms with E-state index in [-0.39, 0.29) is 11.9 Å². The monoisotopic (exact) mass is 413 g/mol. The largest absolute Gasteiger partial charge is 0.416 e. The average molecular weight is 413 g/mol. The summed E-state index contributed by atoms with van der Waals surface area (Å²) in [6.07, 6.45) is -2.39. The molecular weight excluding hydrogens is 391 g/mol. The first-order valence-corrected chi connectivity index (χ1v) is 9.45. The number of rotatable bonds is 5. The van der Waals surface area contributed by atoms with Crippen LogP contribution in [0, 0.1) is 0 Å². The predicted octanol–water partition coefficient (Wildman–Crippen LogP) is 5.08. The lowest BCUT2D eigenvalue weighted by Crippen LogP contribution is -2.30. The van der Waals surface area contributed by atoms with E-state index < -0.39 is 11.7 Å². The molecule has 0 aliphatic rings. The van der Waals surface area contributed by atoms with Crippen molar-refractivity contribution in [3.05, 3.63) is 83.0 Å². The molecule has 0 radical (unpaired) electrons. The maximum atomic E-state index is 12.8. The van der Waals surface area contributed by atoms with E-state index in [0.717, 1.165) is 34.4 Å². The number of nitrogens with zero attached hydrogens (tertiary/aromatic N) is 1. The molecule has 0 aliphatic heterocycles. The molecule has 0 spiro atoms. The van der Waals surface area contributed by atoms with E-state index in [0.29, 0.717) is 17.8 Å². The van der Waals surface area contributed by atoms with E-state index in [4.69, 9.17) is 5.73 Å². The highest BCUT2D eigenvalue weighted by Crippen LogP contribution is 2.31. The third kappa shape index (κ3) is 5.17. The number of nitrogens with one attached hydrogen (secondary N) is 1. The molecule has 7 heteroatoms. The van der Waals surface area contributed by atoms with E-state index in [1.54, 1.807) is 30.5 Å². The Morgan fingerprint density at radius 2 is 1.77 bits per heavy atom. The maximum absolute atomic E-state index is 12.8. The zero-order valence-corrected chi connectivity index (χ0v) is 16.6. The fourth-order valence-corrected chi connectivity index (χ4v) is 3.13. The second kappa shape index (κ2) is 8.57. The molecule has 1 aromatic heterocycles. The highest BCUT2D eigenvalue weighted by atomic mass is 19.4. The standard InChI is InChI=1S/C23H22F3N3O/c1-14(2)29-22(30)18-6-5-16(20(12-18)17-9-10-28-21(27)13-17)11-15-3-7-19(8-4-15)23(24,25)26/h3-10,12-14H,11H2,1-2H3,(H2,27,28)(H,29,30). The Morgan fingerprint density at radius 3 is 2.37 bits per heavy atom. The van der Waals surface area contributed by atoms with Gasteiger partial charge < -0.3 is 11.1 Å². The lowest BCUT2D eigenvalue weighted by molar-refractivity contribution is -0.137. The minimum Gasteiger partial charge on any atom is -0.384 e. The quantitative estimate of drug-likeness (QED) is 0.613. The summed E-state index contributed by atoms with van der Waals surface area (Å²) in [6, 6.07) is 13.9. The lowest BCUT2D eigenvalue weighted by atomic mass is 9.93. The van der Waals surface area contributed by atoms with Gasteiger partial charge in [0.05, 0.1) is 5.56 Å². The number of aromatic nitrogens is 1. The minimum atomic E-state index is -4.37. The van der Waals surface area contributed by atoms with Crippen LogP contribution in [0.1, 0.15) is 40.9 Å². The first kappa shape index (κ1) is 21.4. The molecule has 0 atom stereocenters. The van der Waals surface area contributed by atoms with Gasteiger partial charge >= 0.3 is 6.18 Å². The number of amides is 1. The number of halogens is 3. The highest BCUT2D eigenvalue weighted by molar-refractivity contribution is 5.96. The van der Waals surface area contributed by atoms with Crippen LogP contribution in [0.5, 0.6) is 0 Å². The molecule has 0 saturated carbocycles. The molecule has 2 aromatic carbocycles. The fraction of sp³-hybridized carbons (Fsp3) is 0.217. The van der Waals surface area contributed by atoms with E-state index in [9.17, 15) is 18.0 Å². The molecule has 3 N–H and O–H groups in total. The van der Waals surface area contributed by atoms with Gasteiger partial charge in [0.15, 0.2) is 0 Å². The molecule has 0 fully saturated rings. The molecule has 4 nitrogen and oxygen atoms in total. The molecule has 0 unspecified atom stereocenters. The van der Waals surface area contributed by atoms with Crippen LogP contribution in [-0.2, 0) is 12.6 Å². The summed E-state index contributed by atoms with van der Waals surface area (Å²) in [5, 5.41) is 2.86. The number of nitrogens with two attached hydrogens (primary N) is 1. The van der Waals surface area contributed by atoms with Gasteiger partial charge in [0.1, 0.15) is 5.82 Å². The van der Waals surface area contributed by atoms with Crippen molar-refractivity contribution in [1.29, 1.82) is 0 Å². The summed E-state index contributed by atoms with van der Waals surface area (Å²) in [7, 11) is 0. The summed E-state index contributed by atoms with van der Waals surface area (Å²) in [5.41, 5.74) is 8.78. The molecular formula is C23H22F3N3O. The van der Waals surface area contributed by atoms with Crippen molar-refractivity contribution in [2.24, 2.45) is 0 Å². The van der Waals surface area contributed by atoms with Gasteiger partial charge in [-0.05, 0) is 78.9 Å². The number of hydrogen-bond acceptors (Lipinski definition) is 3. The number of alkyl halides is 3. The molecule has 3 rings (SSSR count). The predicted molar refractivity (Wildman–Crippen MR) is 111 cm³/mol. The minimum absolute atomic E-state index is 0.00987. The maximum Gasteiger partial charge on any atom is 0.416 e. The molecule has 1 amide bonds. The summed E-state index contributed by atoms with van der Waals surface area (Å²) in [5.74, 6) is 0.138. The smallest absolute Gasteiger partial charge is 0.384 e. The molecule has 0 saturated heterocycles. The Hall–Kier alpha value is -3.35. The number of nitrogen functional groups attached to an aromatic ring is 1. The van der Waals surface area contributed by atoms with Gasteiger partial charge in [-0.1, -0.05) is 18.2 Å². The van der Waals surface area contributed by atoms with E-state index in [1.165, 1.54) is 12.1 Å². The van der Waals surface area contributed by atoms with Crippen molar-refractivity contribution >= 4 is 11.7 Å². The van der Waals surface area contributed by atoms with Crippen molar-refractivity contribution in [2.75, 3.05) is 5.73 Å². The first-order valence-electron chi connectivity index (χ1n) is 9.45. The van der Waals surface area contributed by atoms with Crippen molar-refractivity contribution in [3.8, 4) is 11.1 Å². The number of pyridine rings is 1. The van der Waals surface area contributed by atoms with Gasteiger partial charge in [0.25, 0.3) is 5.91 Å². The van der Waals surface area contributed by atoms with Crippen LogP contribution in [0.15, 0.2) is 60.8 Å². The second-order valence-electron chi connectivity index (χ2n) is 7.34.